The molecule has 0 aliphatic rings. The van der Waals surface area contributed by atoms with Crippen molar-refractivity contribution in [1.29, 1.82) is 0 Å². The van der Waals surface area contributed by atoms with Crippen LogP contribution in [-0.4, -0.2) is 44.2 Å². The highest BCUT2D eigenvalue weighted by molar-refractivity contribution is 5.91. The number of urea groups is 1. The molecule has 21 heavy (non-hydrogen) atoms. The Morgan fingerprint density at radius 1 is 1.38 bits per heavy atom. The summed E-state index contributed by atoms with van der Waals surface area (Å²) in [5, 5.41) is 13.6. The van der Waals surface area contributed by atoms with E-state index >= 15 is 0 Å². The maximum absolute atomic E-state index is 11.9. The lowest BCUT2D eigenvalue weighted by atomic mass is 10.4. The largest absolute Gasteiger partial charge is 0.478 e. The molecule has 2 amide bonds. The molecule has 0 unspecified atom stereocenters. The molecule has 0 aromatic carbocycles. The van der Waals surface area contributed by atoms with E-state index in [4.69, 9.17) is 4.74 Å². The zero-order chi connectivity index (χ0) is 15.4. The topological polar surface area (TPSA) is 98.9 Å². The fourth-order valence-electron chi connectivity index (χ4n) is 1.86. The predicted octanol–water partition coefficient (Wildman–Crippen LogP) is 0.230. The minimum atomic E-state index is -0.313. The molecule has 2 N–H and O–H groups in total. The van der Waals surface area contributed by atoms with E-state index in [0.29, 0.717) is 24.5 Å². The van der Waals surface area contributed by atoms with Crippen molar-refractivity contribution >= 4 is 11.7 Å². The molecule has 0 aliphatic carbocycles. The first-order chi connectivity index (χ1) is 10.0. The third-order valence-electron chi connectivity index (χ3n) is 3.17. The van der Waals surface area contributed by atoms with Crippen LogP contribution >= 0.6 is 0 Å². The van der Waals surface area contributed by atoms with Gasteiger partial charge in [0.2, 0.25) is 0 Å². The number of methoxy groups -OCH3 is 1. The van der Waals surface area contributed by atoms with E-state index in [-0.39, 0.29) is 6.03 Å². The van der Waals surface area contributed by atoms with Crippen LogP contribution in [-0.2, 0) is 20.5 Å². The summed E-state index contributed by atoms with van der Waals surface area (Å²) in [5.74, 6) is 1.20. The first-order valence-electron chi connectivity index (χ1n) is 6.48. The third-order valence-corrected chi connectivity index (χ3v) is 3.17. The summed E-state index contributed by atoms with van der Waals surface area (Å²) < 4.78 is 8.45. The molecule has 9 heteroatoms. The lowest BCUT2D eigenvalue weighted by Gasteiger charge is -2.08. The van der Waals surface area contributed by atoms with E-state index in [9.17, 15) is 4.79 Å². The van der Waals surface area contributed by atoms with Crippen molar-refractivity contribution < 1.29 is 9.53 Å². The first kappa shape index (κ1) is 14.8. The van der Waals surface area contributed by atoms with Crippen LogP contribution in [0.2, 0.25) is 0 Å². The number of amides is 2. The molecule has 2 heterocycles. The Balaban J connectivity index is 1.89. The van der Waals surface area contributed by atoms with Gasteiger partial charge in [-0.05, 0) is 6.92 Å². The van der Waals surface area contributed by atoms with Crippen LogP contribution in [0.1, 0.15) is 11.5 Å². The number of rotatable bonds is 5. The average Bonchev–Trinajstić information content (AvgIpc) is 2.97. The number of carbonyl (C=O) groups excluding carboxylic acids is 1. The summed E-state index contributed by atoms with van der Waals surface area (Å²) in [6.07, 6.45) is 2.09. The van der Waals surface area contributed by atoms with Gasteiger partial charge in [-0.25, -0.2) is 9.78 Å². The molecule has 0 aliphatic heterocycles. The van der Waals surface area contributed by atoms with Crippen molar-refractivity contribution in [1.82, 2.24) is 29.9 Å². The van der Waals surface area contributed by atoms with Crippen molar-refractivity contribution in [3.05, 3.63) is 17.8 Å². The highest BCUT2D eigenvalue weighted by atomic mass is 16.5. The second-order valence-corrected chi connectivity index (χ2v) is 4.52. The van der Waals surface area contributed by atoms with Crippen LogP contribution in [0.15, 0.2) is 6.33 Å². The van der Waals surface area contributed by atoms with E-state index in [1.54, 1.807) is 16.4 Å². The molecule has 0 atom stereocenters. The van der Waals surface area contributed by atoms with Gasteiger partial charge in [0, 0.05) is 27.1 Å². The second-order valence-electron chi connectivity index (χ2n) is 4.52. The monoisotopic (exact) mass is 293 g/mol. The smallest absolute Gasteiger partial charge is 0.319 e. The molecular weight excluding hydrogens is 274 g/mol. The molecule has 0 saturated carbocycles. The van der Waals surface area contributed by atoms with Crippen LogP contribution in [0, 0.1) is 6.92 Å². The van der Waals surface area contributed by atoms with Crippen LogP contribution in [0.5, 0.6) is 5.88 Å². The van der Waals surface area contributed by atoms with Gasteiger partial charge >= 0.3 is 6.03 Å². The maximum atomic E-state index is 11.9. The second kappa shape index (κ2) is 6.25. The zero-order valence-electron chi connectivity index (χ0n) is 12.5. The standard InChI is InChI=1S/C12H19N7O2/c1-8-10(11(21-4)17-18(8)2)16-12(20)13-6-5-9-14-7-15-19(9)3/h7H,5-6H2,1-4H3,(H2,13,16,20). The minimum Gasteiger partial charge on any atom is -0.478 e. The number of anilines is 1. The number of nitrogens with zero attached hydrogens (tertiary/aromatic N) is 5. The van der Waals surface area contributed by atoms with Crippen LogP contribution < -0.4 is 15.4 Å². The van der Waals surface area contributed by atoms with Crippen LogP contribution in [0.3, 0.4) is 0 Å². The van der Waals surface area contributed by atoms with Gasteiger partial charge in [0.25, 0.3) is 5.88 Å². The lowest BCUT2D eigenvalue weighted by Crippen LogP contribution is -2.31. The van der Waals surface area contributed by atoms with Gasteiger partial charge in [-0.1, -0.05) is 0 Å². The number of aromatic nitrogens is 5. The van der Waals surface area contributed by atoms with Crippen LogP contribution in [0.4, 0.5) is 10.5 Å². The number of ether oxygens (including phenoxy) is 1. The fourth-order valence-corrected chi connectivity index (χ4v) is 1.86. The normalized spacial score (nSPS) is 10.5. The Morgan fingerprint density at radius 2 is 2.14 bits per heavy atom. The highest BCUT2D eigenvalue weighted by Crippen LogP contribution is 2.25. The van der Waals surface area contributed by atoms with E-state index in [1.807, 2.05) is 14.0 Å². The Hall–Kier alpha value is -2.58. The summed E-state index contributed by atoms with van der Waals surface area (Å²) in [6, 6.07) is -0.313. The minimum absolute atomic E-state index is 0.313. The summed E-state index contributed by atoms with van der Waals surface area (Å²) in [4.78, 5) is 16.0. The molecule has 0 spiro atoms. The number of hydrogen-bond donors (Lipinski definition) is 2. The summed E-state index contributed by atoms with van der Waals surface area (Å²) in [6.45, 7) is 2.31. The molecular formula is C12H19N7O2. The molecule has 0 bridgehead atoms. The summed E-state index contributed by atoms with van der Waals surface area (Å²) in [7, 11) is 5.11. The molecule has 0 saturated heterocycles. The molecule has 9 nitrogen and oxygen atoms in total. The quantitative estimate of drug-likeness (QED) is 0.822. The Kier molecular flexibility index (Phi) is 4.41. The van der Waals surface area contributed by atoms with E-state index in [1.165, 1.54) is 13.4 Å². The summed E-state index contributed by atoms with van der Waals surface area (Å²) >= 11 is 0. The van der Waals surface area contributed by atoms with E-state index in [2.05, 4.69) is 25.8 Å². The Morgan fingerprint density at radius 3 is 2.76 bits per heavy atom. The van der Waals surface area contributed by atoms with Gasteiger partial charge in [0.1, 0.15) is 17.8 Å². The van der Waals surface area contributed by atoms with Crippen LogP contribution in [0.25, 0.3) is 0 Å². The summed E-state index contributed by atoms with van der Waals surface area (Å²) in [5.41, 5.74) is 1.38. The fraction of sp³-hybridized carbons (Fsp3) is 0.500. The number of nitrogens with one attached hydrogen (secondary N) is 2. The molecule has 2 aromatic rings. The Labute approximate surface area is 122 Å². The molecule has 0 radical (unpaired) electrons. The van der Waals surface area contributed by atoms with E-state index < -0.39 is 0 Å². The van der Waals surface area contributed by atoms with Gasteiger partial charge in [0.15, 0.2) is 0 Å². The van der Waals surface area contributed by atoms with Gasteiger partial charge < -0.3 is 15.4 Å². The van der Waals surface area contributed by atoms with Gasteiger partial charge in [0.05, 0.1) is 12.8 Å². The van der Waals surface area contributed by atoms with Crippen molar-refractivity contribution in [2.24, 2.45) is 14.1 Å². The Bertz CT molecular complexity index is 632. The van der Waals surface area contributed by atoms with Gasteiger partial charge in [-0.15, -0.1) is 5.10 Å². The van der Waals surface area contributed by atoms with Crippen molar-refractivity contribution in [2.45, 2.75) is 13.3 Å². The van der Waals surface area contributed by atoms with E-state index in [0.717, 1.165) is 11.5 Å². The number of carbonyl (C=O) groups is 1. The highest BCUT2D eigenvalue weighted by Gasteiger charge is 2.15. The zero-order valence-corrected chi connectivity index (χ0v) is 12.5. The lowest BCUT2D eigenvalue weighted by molar-refractivity contribution is 0.252. The molecule has 2 aromatic heterocycles. The number of aryl methyl sites for hydroxylation is 2. The van der Waals surface area contributed by atoms with Crippen molar-refractivity contribution in [3.63, 3.8) is 0 Å². The van der Waals surface area contributed by atoms with Crippen molar-refractivity contribution in [3.8, 4) is 5.88 Å². The SMILES string of the molecule is COc1nn(C)c(C)c1NC(=O)NCCc1ncnn1C. The molecule has 114 valence electrons. The van der Waals surface area contributed by atoms with Gasteiger partial charge in [-0.3, -0.25) is 9.36 Å². The first-order valence-corrected chi connectivity index (χ1v) is 6.48. The average molecular weight is 293 g/mol. The molecule has 2 rings (SSSR count). The molecule has 0 fully saturated rings. The predicted molar refractivity (Wildman–Crippen MR) is 76.2 cm³/mol. The third kappa shape index (κ3) is 3.30. The maximum Gasteiger partial charge on any atom is 0.319 e. The van der Waals surface area contributed by atoms with Crippen molar-refractivity contribution in [2.75, 3.05) is 19.0 Å². The number of hydrogen-bond acceptors (Lipinski definition) is 5. The van der Waals surface area contributed by atoms with Gasteiger partial charge in [-0.2, -0.15) is 5.10 Å².